The van der Waals surface area contributed by atoms with Crippen LogP contribution in [0.3, 0.4) is 0 Å². The zero-order chi connectivity index (χ0) is 27.9. The number of thiocarbonyl (C=S) groups is 1. The second-order valence-electron chi connectivity index (χ2n) is 8.88. The number of rotatable bonds is 5. The summed E-state index contributed by atoms with van der Waals surface area (Å²) in [5.41, 5.74) is 2.23. The Morgan fingerprint density at radius 1 is 0.974 bits per heavy atom. The maximum atomic E-state index is 13.8. The fraction of sp³-hybridized carbons (Fsp3) is 0.222. The highest BCUT2D eigenvalue weighted by Crippen LogP contribution is 2.56. The van der Waals surface area contributed by atoms with Gasteiger partial charge in [0.15, 0.2) is 4.34 Å². The molecule has 5 rings (SSSR count). The lowest BCUT2D eigenvalue weighted by Crippen LogP contribution is -2.56. The minimum atomic E-state index is -0.863. The molecule has 2 aliphatic rings. The van der Waals surface area contributed by atoms with Gasteiger partial charge in [-0.15, -0.1) is 11.3 Å². The Morgan fingerprint density at radius 2 is 1.59 bits per heavy atom. The quantitative estimate of drug-likeness (QED) is 0.141. The van der Waals surface area contributed by atoms with Crippen molar-refractivity contribution in [3.8, 4) is 0 Å². The average molecular weight is 615 g/mol. The molecular weight excluding hydrogens is 593 g/mol. The molecule has 0 aliphatic carbocycles. The van der Waals surface area contributed by atoms with Crippen LogP contribution >= 0.6 is 58.8 Å². The van der Waals surface area contributed by atoms with E-state index in [0.717, 1.165) is 43.6 Å². The van der Waals surface area contributed by atoms with Gasteiger partial charge in [-0.1, -0.05) is 77.8 Å². The lowest BCUT2D eigenvalue weighted by Gasteiger charge is -2.45. The molecule has 0 saturated heterocycles. The number of benzene rings is 2. The van der Waals surface area contributed by atoms with E-state index in [2.05, 4.69) is 4.98 Å². The number of ether oxygens (including phenoxy) is 2. The van der Waals surface area contributed by atoms with Gasteiger partial charge in [0.25, 0.3) is 0 Å². The molecule has 12 heteroatoms. The number of hydrogen-bond donors (Lipinski definition) is 0. The van der Waals surface area contributed by atoms with Crippen LogP contribution in [0, 0.1) is 0 Å². The van der Waals surface area contributed by atoms with Gasteiger partial charge >= 0.3 is 11.9 Å². The van der Waals surface area contributed by atoms with Gasteiger partial charge in [-0.05, 0) is 32.0 Å². The fourth-order valence-corrected chi connectivity index (χ4v) is 9.27. The van der Waals surface area contributed by atoms with Gasteiger partial charge in [0.05, 0.1) is 50.5 Å². The molecular formula is C27H22N2O5S5. The molecule has 0 bridgehead atoms. The largest absolute Gasteiger partial charge is 0.465 e. The summed E-state index contributed by atoms with van der Waals surface area (Å²) in [5.74, 6) is -1.16. The molecule has 39 heavy (non-hydrogen) atoms. The zero-order valence-corrected chi connectivity index (χ0v) is 25.4. The summed E-state index contributed by atoms with van der Waals surface area (Å²) in [6.45, 7) is 3.82. The summed E-state index contributed by atoms with van der Waals surface area (Å²) in [6.07, 6.45) is 0. The summed E-state index contributed by atoms with van der Waals surface area (Å²) >= 11 is 11.2. The third-order valence-electron chi connectivity index (χ3n) is 6.14. The Morgan fingerprint density at radius 3 is 2.23 bits per heavy atom. The minimum Gasteiger partial charge on any atom is -0.465 e. The number of thiazole rings is 1. The molecule has 0 unspecified atom stereocenters. The number of carbonyl (C=O) groups excluding carboxylic acids is 3. The van der Waals surface area contributed by atoms with Gasteiger partial charge < -0.3 is 14.4 Å². The zero-order valence-electron chi connectivity index (χ0n) is 21.3. The molecule has 3 aromatic rings. The molecule has 7 nitrogen and oxygen atoms in total. The number of methoxy groups -OCH3 is 2. The van der Waals surface area contributed by atoms with Crippen LogP contribution in [0.25, 0.3) is 15.8 Å². The Bertz CT molecular complexity index is 1540. The highest BCUT2D eigenvalue weighted by atomic mass is 32.2. The van der Waals surface area contributed by atoms with E-state index < -0.39 is 17.5 Å². The molecule has 2 aromatic carbocycles. The van der Waals surface area contributed by atoms with Crippen molar-refractivity contribution in [3.05, 3.63) is 68.1 Å². The monoisotopic (exact) mass is 614 g/mol. The summed E-state index contributed by atoms with van der Waals surface area (Å²) in [4.78, 5) is 45.9. The Kier molecular flexibility index (Phi) is 7.93. The summed E-state index contributed by atoms with van der Waals surface area (Å²) in [6, 6.07) is 15.4. The highest BCUT2D eigenvalue weighted by molar-refractivity contribution is 8.29. The molecule has 3 heterocycles. The van der Waals surface area contributed by atoms with Gasteiger partial charge in [-0.25, -0.2) is 14.6 Å². The number of thioether (sulfide) groups is 3. The summed E-state index contributed by atoms with van der Waals surface area (Å²) < 4.78 is 12.4. The van der Waals surface area contributed by atoms with Gasteiger partial charge in [-0.2, -0.15) is 0 Å². The summed E-state index contributed by atoms with van der Waals surface area (Å²) in [7, 11) is 2.53. The van der Waals surface area contributed by atoms with Gasteiger partial charge in [0.1, 0.15) is 9.81 Å². The molecule has 0 spiro atoms. The van der Waals surface area contributed by atoms with Crippen LogP contribution in [0.15, 0.2) is 66.9 Å². The van der Waals surface area contributed by atoms with Crippen LogP contribution in [0.5, 0.6) is 0 Å². The van der Waals surface area contributed by atoms with Crippen LogP contribution in [0.2, 0.25) is 0 Å². The molecule has 0 fully saturated rings. The van der Waals surface area contributed by atoms with Crippen molar-refractivity contribution in [1.82, 2.24) is 4.98 Å². The lowest BCUT2D eigenvalue weighted by molar-refractivity contribution is -0.138. The van der Waals surface area contributed by atoms with Crippen LogP contribution < -0.4 is 4.90 Å². The smallest absolute Gasteiger partial charge is 0.346 e. The number of nitrogens with zero attached hydrogens (tertiary/aromatic N) is 2. The maximum absolute atomic E-state index is 13.8. The first-order valence-corrected chi connectivity index (χ1v) is 15.5. The van der Waals surface area contributed by atoms with Gasteiger partial charge in [-0.3, -0.25) is 4.79 Å². The maximum Gasteiger partial charge on any atom is 0.346 e. The van der Waals surface area contributed by atoms with Crippen molar-refractivity contribution in [2.45, 2.75) is 23.7 Å². The molecule has 0 N–H and O–H groups in total. The van der Waals surface area contributed by atoms with Crippen LogP contribution in [0.1, 0.15) is 19.4 Å². The topological polar surface area (TPSA) is 85.8 Å². The van der Waals surface area contributed by atoms with E-state index in [-0.39, 0.29) is 21.5 Å². The highest BCUT2D eigenvalue weighted by Gasteiger charge is 2.46. The van der Waals surface area contributed by atoms with Crippen molar-refractivity contribution in [2.75, 3.05) is 24.9 Å². The average Bonchev–Trinajstić information content (AvgIpc) is 3.56. The van der Waals surface area contributed by atoms with Crippen molar-refractivity contribution >= 4 is 103 Å². The number of aromatic nitrogens is 1. The Labute approximate surface area is 247 Å². The van der Waals surface area contributed by atoms with E-state index in [4.69, 9.17) is 21.7 Å². The number of fused-ring (bicyclic) bond motifs is 2. The van der Waals surface area contributed by atoms with Crippen LogP contribution in [-0.4, -0.2) is 53.2 Å². The second kappa shape index (κ2) is 11.1. The Balaban J connectivity index is 1.51. The van der Waals surface area contributed by atoms with Gasteiger partial charge in [0.2, 0.25) is 5.91 Å². The Hall–Kier alpha value is -2.64. The normalized spacial score (nSPS) is 16.5. The number of amides is 1. The second-order valence-corrected chi connectivity index (χ2v) is 13.8. The predicted molar refractivity (Wildman–Crippen MR) is 164 cm³/mol. The molecule has 2 aliphatic heterocycles. The van der Waals surface area contributed by atoms with E-state index in [9.17, 15) is 14.4 Å². The van der Waals surface area contributed by atoms with Crippen LogP contribution in [-0.2, 0) is 23.9 Å². The summed E-state index contributed by atoms with van der Waals surface area (Å²) in [5, 5.41) is 0. The van der Waals surface area contributed by atoms with Crippen molar-refractivity contribution in [1.29, 1.82) is 0 Å². The third kappa shape index (κ3) is 5.04. The molecule has 0 atom stereocenters. The first-order valence-electron chi connectivity index (χ1n) is 11.6. The first kappa shape index (κ1) is 27.9. The van der Waals surface area contributed by atoms with Crippen molar-refractivity contribution in [2.24, 2.45) is 0 Å². The SMILES string of the molecule is COC(=O)C1=C(C(=O)OC)SC(=C2C(=S)C(C)(C)N(C(=O)CSc3nc4ccccc4s3)c3ccccc32)S1. The first-order chi connectivity index (χ1) is 18.7. The fourth-order valence-electron chi connectivity index (χ4n) is 4.32. The standard InChI is InChI=1S/C27H22N2O5S5/c1-27(2)22(35)19(25-38-20(23(31)33-3)21(39-25)24(32)34-4)14-9-5-7-11-16(14)29(27)18(30)13-36-26-28-15-10-6-8-12-17(15)37-26/h5-12H,13H2,1-4H3. The predicted octanol–water partition coefficient (Wildman–Crippen LogP) is 6.29. The molecule has 1 aromatic heterocycles. The van der Waals surface area contributed by atoms with E-state index in [1.165, 1.54) is 26.0 Å². The van der Waals surface area contributed by atoms with Crippen LogP contribution in [0.4, 0.5) is 5.69 Å². The van der Waals surface area contributed by atoms with E-state index in [1.54, 1.807) is 16.2 Å². The van der Waals surface area contributed by atoms with Gasteiger partial charge in [0, 0.05) is 11.1 Å². The van der Waals surface area contributed by atoms with Crippen molar-refractivity contribution in [3.63, 3.8) is 0 Å². The number of esters is 2. The molecule has 0 radical (unpaired) electrons. The molecule has 0 saturated carbocycles. The van der Waals surface area contributed by atoms with E-state index >= 15 is 0 Å². The number of hydrogen-bond acceptors (Lipinski definition) is 11. The minimum absolute atomic E-state index is 0.0986. The lowest BCUT2D eigenvalue weighted by atomic mass is 9.83. The van der Waals surface area contributed by atoms with E-state index in [1.807, 2.05) is 62.4 Å². The van der Waals surface area contributed by atoms with E-state index in [0.29, 0.717) is 20.4 Å². The third-order valence-corrected chi connectivity index (χ3v) is 11.6. The number of carbonyl (C=O) groups is 3. The number of anilines is 1. The number of para-hydroxylation sites is 2. The molecule has 1 amide bonds. The molecule has 200 valence electrons. The van der Waals surface area contributed by atoms with Crippen molar-refractivity contribution < 1.29 is 23.9 Å².